The van der Waals surface area contributed by atoms with Gasteiger partial charge in [0.2, 0.25) is 5.91 Å². The van der Waals surface area contributed by atoms with Gasteiger partial charge in [-0.1, -0.05) is 38.4 Å². The highest BCUT2D eigenvalue weighted by molar-refractivity contribution is 6.33. The first-order valence-corrected chi connectivity index (χ1v) is 11.6. The van der Waals surface area contributed by atoms with E-state index in [1.54, 1.807) is 18.2 Å². The van der Waals surface area contributed by atoms with Crippen molar-refractivity contribution in [2.45, 2.75) is 33.6 Å². The molecule has 2 aromatic rings. The molecule has 2 amide bonds. The van der Waals surface area contributed by atoms with Crippen LogP contribution in [-0.4, -0.2) is 49.5 Å². The van der Waals surface area contributed by atoms with Crippen molar-refractivity contribution in [3.8, 4) is 5.75 Å². The van der Waals surface area contributed by atoms with Gasteiger partial charge < -0.3 is 19.9 Å². The standard InChI is InChI=1S/C25H32ClN3O3/c1-4-14-32-21-7-5-6-19(16-21)25(31)27-20-8-9-23(22(26)17-20)28-10-12-29(13-11-28)24(30)15-18(2)3/h5-9,16-18H,4,10-15H2,1-3H3,(H,27,31). The molecule has 0 aliphatic carbocycles. The van der Waals surface area contributed by atoms with Gasteiger partial charge in [-0.05, 0) is 48.7 Å². The normalized spacial score (nSPS) is 13.9. The molecule has 0 spiro atoms. The van der Waals surface area contributed by atoms with Gasteiger partial charge in [0.15, 0.2) is 0 Å². The van der Waals surface area contributed by atoms with E-state index < -0.39 is 0 Å². The van der Waals surface area contributed by atoms with E-state index in [2.05, 4.69) is 24.1 Å². The minimum absolute atomic E-state index is 0.215. The first-order chi connectivity index (χ1) is 15.4. The largest absolute Gasteiger partial charge is 0.494 e. The summed E-state index contributed by atoms with van der Waals surface area (Å²) in [7, 11) is 0. The Kier molecular flexibility index (Phi) is 8.39. The maximum Gasteiger partial charge on any atom is 0.255 e. The van der Waals surface area contributed by atoms with Crippen LogP contribution in [0.25, 0.3) is 0 Å². The quantitative estimate of drug-likeness (QED) is 0.600. The lowest BCUT2D eigenvalue weighted by Crippen LogP contribution is -2.49. The van der Waals surface area contributed by atoms with Crippen LogP contribution in [0.4, 0.5) is 11.4 Å². The van der Waals surface area contributed by atoms with Gasteiger partial charge in [-0.15, -0.1) is 0 Å². The fraction of sp³-hybridized carbons (Fsp3) is 0.440. The summed E-state index contributed by atoms with van der Waals surface area (Å²) in [5.41, 5.74) is 2.07. The maximum absolute atomic E-state index is 12.7. The molecule has 3 rings (SSSR count). The molecular weight excluding hydrogens is 426 g/mol. The Morgan fingerprint density at radius 2 is 1.84 bits per heavy atom. The Morgan fingerprint density at radius 1 is 1.09 bits per heavy atom. The van der Waals surface area contributed by atoms with Crippen molar-refractivity contribution in [3.63, 3.8) is 0 Å². The van der Waals surface area contributed by atoms with Crippen LogP contribution >= 0.6 is 11.6 Å². The Hall–Kier alpha value is -2.73. The first-order valence-electron chi connectivity index (χ1n) is 11.2. The predicted molar refractivity (Wildman–Crippen MR) is 130 cm³/mol. The smallest absolute Gasteiger partial charge is 0.255 e. The summed E-state index contributed by atoms with van der Waals surface area (Å²) in [5, 5.41) is 3.48. The van der Waals surface area contributed by atoms with Gasteiger partial charge in [-0.2, -0.15) is 0 Å². The number of nitrogens with one attached hydrogen (secondary N) is 1. The molecule has 7 heteroatoms. The second-order valence-electron chi connectivity index (χ2n) is 8.46. The third-order valence-electron chi connectivity index (χ3n) is 5.33. The van der Waals surface area contributed by atoms with Crippen LogP contribution in [0.1, 0.15) is 44.0 Å². The monoisotopic (exact) mass is 457 g/mol. The number of carbonyl (C=O) groups is 2. The molecule has 1 aliphatic heterocycles. The molecule has 172 valence electrons. The van der Waals surface area contributed by atoms with Crippen molar-refractivity contribution in [1.29, 1.82) is 0 Å². The molecule has 1 heterocycles. The number of piperazine rings is 1. The average molecular weight is 458 g/mol. The first kappa shape index (κ1) is 23.9. The van der Waals surface area contributed by atoms with E-state index in [9.17, 15) is 9.59 Å². The molecule has 0 bridgehead atoms. The zero-order valence-electron chi connectivity index (χ0n) is 19.1. The maximum atomic E-state index is 12.7. The summed E-state index contributed by atoms with van der Waals surface area (Å²) in [5.74, 6) is 1.05. The fourth-order valence-corrected chi connectivity index (χ4v) is 3.97. The molecule has 1 N–H and O–H groups in total. The molecule has 0 radical (unpaired) electrons. The Bertz CT molecular complexity index is 940. The molecule has 2 aromatic carbocycles. The zero-order chi connectivity index (χ0) is 23.1. The molecule has 0 atom stereocenters. The van der Waals surface area contributed by atoms with Crippen molar-refractivity contribution in [2.75, 3.05) is 43.0 Å². The lowest BCUT2D eigenvalue weighted by molar-refractivity contribution is -0.132. The number of halogens is 1. The van der Waals surface area contributed by atoms with Gasteiger partial charge in [0.1, 0.15) is 5.75 Å². The third-order valence-corrected chi connectivity index (χ3v) is 5.63. The lowest BCUT2D eigenvalue weighted by Gasteiger charge is -2.36. The van der Waals surface area contributed by atoms with Crippen LogP contribution in [0.15, 0.2) is 42.5 Å². The van der Waals surface area contributed by atoms with E-state index in [4.69, 9.17) is 16.3 Å². The van der Waals surface area contributed by atoms with Crippen molar-refractivity contribution in [3.05, 3.63) is 53.1 Å². The van der Waals surface area contributed by atoms with Gasteiger partial charge in [-0.3, -0.25) is 9.59 Å². The van der Waals surface area contributed by atoms with Gasteiger partial charge in [0.05, 0.1) is 17.3 Å². The molecule has 1 aliphatic rings. The van der Waals surface area contributed by atoms with Crippen LogP contribution in [0.3, 0.4) is 0 Å². The van der Waals surface area contributed by atoms with E-state index in [0.29, 0.717) is 54.1 Å². The molecular formula is C25H32ClN3O3. The van der Waals surface area contributed by atoms with Crippen molar-refractivity contribution in [2.24, 2.45) is 5.92 Å². The van der Waals surface area contributed by atoms with Crippen LogP contribution < -0.4 is 15.0 Å². The van der Waals surface area contributed by atoms with E-state index in [-0.39, 0.29) is 11.8 Å². The summed E-state index contributed by atoms with van der Waals surface area (Å²) < 4.78 is 5.61. The van der Waals surface area contributed by atoms with Crippen molar-refractivity contribution >= 4 is 34.8 Å². The summed E-state index contributed by atoms with van der Waals surface area (Å²) in [4.78, 5) is 29.1. The number of hydrogen-bond donors (Lipinski definition) is 1. The van der Waals surface area contributed by atoms with Gasteiger partial charge in [-0.25, -0.2) is 0 Å². The van der Waals surface area contributed by atoms with Crippen LogP contribution in [-0.2, 0) is 4.79 Å². The van der Waals surface area contributed by atoms with E-state index in [1.807, 2.05) is 36.1 Å². The number of benzene rings is 2. The highest BCUT2D eigenvalue weighted by atomic mass is 35.5. The van der Waals surface area contributed by atoms with E-state index >= 15 is 0 Å². The summed E-state index contributed by atoms with van der Waals surface area (Å²) in [6.07, 6.45) is 1.49. The van der Waals surface area contributed by atoms with Crippen LogP contribution in [0.5, 0.6) is 5.75 Å². The van der Waals surface area contributed by atoms with Crippen LogP contribution in [0, 0.1) is 5.92 Å². The summed E-state index contributed by atoms with van der Waals surface area (Å²) in [6, 6.07) is 12.7. The minimum Gasteiger partial charge on any atom is -0.494 e. The molecule has 32 heavy (non-hydrogen) atoms. The molecule has 1 fully saturated rings. The Morgan fingerprint density at radius 3 is 2.50 bits per heavy atom. The molecule has 0 aromatic heterocycles. The number of rotatable bonds is 8. The number of ether oxygens (including phenoxy) is 1. The molecule has 1 saturated heterocycles. The van der Waals surface area contributed by atoms with Crippen molar-refractivity contribution < 1.29 is 14.3 Å². The van der Waals surface area contributed by atoms with E-state index in [1.165, 1.54) is 0 Å². The Labute approximate surface area is 195 Å². The van der Waals surface area contributed by atoms with Crippen molar-refractivity contribution in [1.82, 2.24) is 4.90 Å². The second kappa shape index (κ2) is 11.2. The zero-order valence-corrected chi connectivity index (χ0v) is 19.8. The topological polar surface area (TPSA) is 61.9 Å². The predicted octanol–water partition coefficient (Wildman–Crippen LogP) is 5.08. The summed E-state index contributed by atoms with van der Waals surface area (Å²) >= 11 is 6.55. The third kappa shape index (κ3) is 6.39. The number of carbonyl (C=O) groups excluding carboxylic acids is 2. The Balaban J connectivity index is 1.60. The fourth-order valence-electron chi connectivity index (χ4n) is 3.67. The number of anilines is 2. The van der Waals surface area contributed by atoms with Crippen LogP contribution in [0.2, 0.25) is 5.02 Å². The minimum atomic E-state index is -0.215. The highest BCUT2D eigenvalue weighted by Gasteiger charge is 2.23. The van der Waals surface area contributed by atoms with Gasteiger partial charge >= 0.3 is 0 Å². The molecule has 6 nitrogen and oxygen atoms in total. The lowest BCUT2D eigenvalue weighted by atomic mass is 10.1. The molecule has 0 unspecified atom stereocenters. The second-order valence-corrected chi connectivity index (χ2v) is 8.87. The SMILES string of the molecule is CCCOc1cccc(C(=O)Nc2ccc(N3CCN(C(=O)CC(C)C)CC3)c(Cl)c2)c1. The number of hydrogen-bond acceptors (Lipinski definition) is 4. The van der Waals surface area contributed by atoms with Gasteiger partial charge in [0, 0.05) is 43.9 Å². The summed E-state index contributed by atoms with van der Waals surface area (Å²) in [6.45, 7) is 9.63. The number of amides is 2. The van der Waals surface area contributed by atoms with Gasteiger partial charge in [0.25, 0.3) is 5.91 Å². The van der Waals surface area contributed by atoms with E-state index in [0.717, 1.165) is 25.2 Å². The number of nitrogens with zero attached hydrogens (tertiary/aromatic N) is 2. The molecule has 0 saturated carbocycles. The highest BCUT2D eigenvalue weighted by Crippen LogP contribution is 2.30. The average Bonchev–Trinajstić information content (AvgIpc) is 2.77.